The average Bonchev–Trinajstić information content (AvgIpc) is 2.91. The zero-order chi connectivity index (χ0) is 16.6. The number of nitrogens with zero attached hydrogens (tertiary/aromatic N) is 2. The van der Waals surface area contributed by atoms with Gasteiger partial charge >= 0.3 is 0 Å². The van der Waals surface area contributed by atoms with Crippen LogP contribution in [-0.2, 0) is 4.79 Å². The number of amides is 1. The molecule has 2 heterocycles. The van der Waals surface area contributed by atoms with Crippen LogP contribution in [0.15, 0.2) is 42.7 Å². The van der Waals surface area contributed by atoms with E-state index in [9.17, 15) is 9.59 Å². The molecule has 0 spiro atoms. The Morgan fingerprint density at radius 3 is 2.48 bits per heavy atom. The van der Waals surface area contributed by atoms with Crippen LogP contribution in [0.5, 0.6) is 0 Å². The molecule has 0 radical (unpaired) electrons. The van der Waals surface area contributed by atoms with E-state index in [1.807, 2.05) is 0 Å². The van der Waals surface area contributed by atoms with E-state index in [4.69, 9.17) is 23.2 Å². The van der Waals surface area contributed by atoms with Gasteiger partial charge in [-0.1, -0.05) is 29.3 Å². The van der Waals surface area contributed by atoms with Crippen LogP contribution >= 0.6 is 23.2 Å². The molecule has 7 heteroatoms. The van der Waals surface area contributed by atoms with Crippen LogP contribution in [0, 0.1) is 0 Å². The van der Waals surface area contributed by atoms with Crippen LogP contribution in [0.3, 0.4) is 0 Å². The summed E-state index contributed by atoms with van der Waals surface area (Å²) in [6.07, 6.45) is 3.12. The lowest BCUT2D eigenvalue weighted by molar-refractivity contribution is -0.114. The normalized spacial score (nSPS) is 10.7. The van der Waals surface area contributed by atoms with Gasteiger partial charge in [0.25, 0.3) is 5.91 Å². The van der Waals surface area contributed by atoms with Gasteiger partial charge in [-0.3, -0.25) is 14.2 Å². The fourth-order valence-electron chi connectivity index (χ4n) is 2.33. The summed E-state index contributed by atoms with van der Waals surface area (Å²) in [7, 11) is 0. The number of nitrogens with one attached hydrogen (secondary N) is 1. The van der Waals surface area contributed by atoms with Crippen molar-refractivity contribution < 1.29 is 9.59 Å². The number of carbonyl (C=O) groups excluding carboxylic acids is 2. The third-order valence-electron chi connectivity index (χ3n) is 3.31. The minimum absolute atomic E-state index is 0.228. The highest BCUT2D eigenvalue weighted by Gasteiger charge is 2.19. The molecule has 0 bridgehead atoms. The first-order valence-corrected chi connectivity index (χ1v) is 7.47. The lowest BCUT2D eigenvalue weighted by Crippen LogP contribution is -2.12. The van der Waals surface area contributed by atoms with E-state index in [1.165, 1.54) is 17.7 Å². The van der Waals surface area contributed by atoms with Gasteiger partial charge in [-0.2, -0.15) is 0 Å². The third-order valence-corrected chi connectivity index (χ3v) is 3.94. The third kappa shape index (κ3) is 2.81. The van der Waals surface area contributed by atoms with Crippen molar-refractivity contribution >= 4 is 51.7 Å². The highest BCUT2D eigenvalue weighted by Crippen LogP contribution is 2.28. The van der Waals surface area contributed by atoms with E-state index in [0.29, 0.717) is 16.7 Å². The van der Waals surface area contributed by atoms with E-state index < -0.39 is 0 Å². The van der Waals surface area contributed by atoms with Crippen molar-refractivity contribution in [3.8, 4) is 0 Å². The molecule has 0 unspecified atom stereocenters. The first kappa shape index (κ1) is 15.5. The first-order chi connectivity index (χ1) is 11.0. The number of carbonyl (C=O) groups is 2. The van der Waals surface area contributed by atoms with Gasteiger partial charge in [0.15, 0.2) is 0 Å². The van der Waals surface area contributed by atoms with Crippen molar-refractivity contribution in [2.45, 2.75) is 6.92 Å². The molecule has 3 aromatic rings. The predicted molar refractivity (Wildman–Crippen MR) is 90.2 cm³/mol. The van der Waals surface area contributed by atoms with Gasteiger partial charge in [0.2, 0.25) is 5.91 Å². The van der Waals surface area contributed by atoms with Gasteiger partial charge in [-0.15, -0.1) is 0 Å². The van der Waals surface area contributed by atoms with E-state index in [0.717, 1.165) is 0 Å². The van der Waals surface area contributed by atoms with E-state index >= 15 is 0 Å². The standard InChI is InChI=1S/C16H11Cl2N3O2/c1-9(22)20-15-10-6-8-21(13(10)5-7-19-15)16(23)14-11(17)3-2-4-12(14)18/h2-8H,1H3,(H,19,20,22). The molecular weight excluding hydrogens is 337 g/mol. The Kier molecular flexibility index (Phi) is 4.07. The van der Waals surface area contributed by atoms with E-state index in [1.54, 1.807) is 36.5 Å². The number of pyridine rings is 1. The Morgan fingerprint density at radius 1 is 1.13 bits per heavy atom. The smallest absolute Gasteiger partial charge is 0.265 e. The van der Waals surface area contributed by atoms with Gasteiger partial charge in [-0.25, -0.2) is 4.98 Å². The molecule has 0 saturated carbocycles. The summed E-state index contributed by atoms with van der Waals surface area (Å²) in [6.45, 7) is 1.40. The van der Waals surface area contributed by atoms with Crippen LogP contribution < -0.4 is 5.32 Å². The lowest BCUT2D eigenvalue weighted by atomic mass is 10.2. The highest BCUT2D eigenvalue weighted by atomic mass is 35.5. The summed E-state index contributed by atoms with van der Waals surface area (Å²) in [5.41, 5.74) is 0.830. The second kappa shape index (κ2) is 6.02. The maximum Gasteiger partial charge on any atom is 0.265 e. The minimum Gasteiger partial charge on any atom is -0.310 e. The average molecular weight is 348 g/mol. The van der Waals surface area contributed by atoms with E-state index in [2.05, 4.69) is 10.3 Å². The molecular formula is C16H11Cl2N3O2. The minimum atomic E-state index is -0.351. The van der Waals surface area contributed by atoms with Crippen molar-refractivity contribution in [1.82, 2.24) is 9.55 Å². The summed E-state index contributed by atoms with van der Waals surface area (Å²) in [4.78, 5) is 28.2. The Hall–Kier alpha value is -2.37. The number of benzene rings is 1. The molecule has 116 valence electrons. The second-order valence-corrected chi connectivity index (χ2v) is 5.68. The number of fused-ring (bicyclic) bond motifs is 1. The summed E-state index contributed by atoms with van der Waals surface area (Å²) >= 11 is 12.2. The number of hydrogen-bond acceptors (Lipinski definition) is 3. The predicted octanol–water partition coefficient (Wildman–Crippen LogP) is 3.99. The molecule has 3 rings (SSSR count). The molecule has 1 amide bonds. The molecule has 0 atom stereocenters. The van der Waals surface area contributed by atoms with Gasteiger partial charge in [0.05, 0.1) is 21.1 Å². The molecule has 1 N–H and O–H groups in total. The van der Waals surface area contributed by atoms with Crippen molar-refractivity contribution in [1.29, 1.82) is 0 Å². The molecule has 0 aliphatic carbocycles. The fraction of sp³-hybridized carbons (Fsp3) is 0.0625. The number of aromatic nitrogens is 2. The zero-order valence-electron chi connectivity index (χ0n) is 12.0. The van der Waals surface area contributed by atoms with Crippen molar-refractivity contribution in [2.24, 2.45) is 0 Å². The molecule has 23 heavy (non-hydrogen) atoms. The van der Waals surface area contributed by atoms with Gasteiger partial charge < -0.3 is 5.32 Å². The quantitative estimate of drug-likeness (QED) is 0.762. The Bertz CT molecular complexity index is 914. The maximum absolute atomic E-state index is 12.8. The Morgan fingerprint density at radius 2 is 1.83 bits per heavy atom. The molecule has 1 aromatic carbocycles. The van der Waals surface area contributed by atoms with Crippen molar-refractivity contribution in [3.63, 3.8) is 0 Å². The largest absolute Gasteiger partial charge is 0.310 e. The second-order valence-electron chi connectivity index (χ2n) is 4.86. The topological polar surface area (TPSA) is 64.0 Å². The summed E-state index contributed by atoms with van der Waals surface area (Å²) in [5, 5.41) is 3.84. The molecule has 2 aromatic heterocycles. The van der Waals surface area contributed by atoms with E-state index in [-0.39, 0.29) is 27.4 Å². The number of halogens is 2. The molecule has 0 aliphatic heterocycles. The van der Waals surface area contributed by atoms with Crippen molar-refractivity contribution in [3.05, 3.63) is 58.3 Å². The van der Waals surface area contributed by atoms with Crippen LogP contribution in [0.4, 0.5) is 5.82 Å². The van der Waals surface area contributed by atoms with Gasteiger partial charge in [-0.05, 0) is 24.3 Å². The van der Waals surface area contributed by atoms with Crippen LogP contribution in [0.25, 0.3) is 10.9 Å². The Labute approximate surface area is 141 Å². The fourth-order valence-corrected chi connectivity index (χ4v) is 2.89. The molecule has 0 aliphatic rings. The maximum atomic E-state index is 12.8. The molecule has 5 nitrogen and oxygen atoms in total. The zero-order valence-corrected chi connectivity index (χ0v) is 13.5. The summed E-state index contributed by atoms with van der Waals surface area (Å²) < 4.78 is 1.43. The van der Waals surface area contributed by atoms with Gasteiger partial charge in [0, 0.05) is 24.7 Å². The van der Waals surface area contributed by atoms with Crippen LogP contribution in [-0.4, -0.2) is 21.4 Å². The molecule has 0 saturated heterocycles. The highest BCUT2D eigenvalue weighted by molar-refractivity contribution is 6.40. The van der Waals surface area contributed by atoms with Gasteiger partial charge in [0.1, 0.15) is 5.82 Å². The number of rotatable bonds is 2. The van der Waals surface area contributed by atoms with Crippen LogP contribution in [0.1, 0.15) is 17.3 Å². The number of hydrogen-bond donors (Lipinski definition) is 1. The monoisotopic (exact) mass is 347 g/mol. The number of anilines is 1. The summed E-state index contributed by atoms with van der Waals surface area (Å²) in [6, 6.07) is 8.28. The first-order valence-electron chi connectivity index (χ1n) is 6.71. The molecule has 0 fully saturated rings. The summed E-state index contributed by atoms with van der Waals surface area (Å²) in [5.74, 6) is -0.194. The van der Waals surface area contributed by atoms with Crippen molar-refractivity contribution in [2.75, 3.05) is 5.32 Å². The van der Waals surface area contributed by atoms with Crippen LogP contribution in [0.2, 0.25) is 10.0 Å². The SMILES string of the molecule is CC(=O)Nc1nccc2c1ccn2C(=O)c1c(Cl)cccc1Cl. The Balaban J connectivity index is 2.14. The lowest BCUT2D eigenvalue weighted by Gasteiger charge is -2.09.